The first-order valence-corrected chi connectivity index (χ1v) is 4.52. The van der Waals surface area contributed by atoms with Gasteiger partial charge in [-0.05, 0) is 0 Å². The van der Waals surface area contributed by atoms with Crippen LogP contribution < -0.4 is 0 Å². The average Bonchev–Trinajstić information content (AvgIpc) is 1.69. The fourth-order valence-corrected chi connectivity index (χ4v) is 1.45. The third-order valence-corrected chi connectivity index (χ3v) is 3.05. The van der Waals surface area contributed by atoms with E-state index < -0.39 is 0 Å². The van der Waals surface area contributed by atoms with Crippen LogP contribution in [0.1, 0.15) is 12.8 Å². The van der Waals surface area contributed by atoms with Crippen molar-refractivity contribution >= 4 is 17.0 Å². The van der Waals surface area contributed by atoms with E-state index in [0.29, 0.717) is 0 Å². The van der Waals surface area contributed by atoms with E-state index in [1.165, 1.54) is 31.1 Å². The maximum atomic E-state index is 5.16. The van der Waals surface area contributed by atoms with Crippen molar-refractivity contribution < 1.29 is 23.0 Å². The molecule has 45 valence electrons. The third-order valence-electron chi connectivity index (χ3n) is 1.34. The average molecular weight is 231 g/mol. The normalized spacial score (nSPS) is 22.2. The summed E-state index contributed by atoms with van der Waals surface area (Å²) in [5.74, 6) is 0. The molecule has 0 amide bonds. The van der Waals surface area contributed by atoms with Gasteiger partial charge in [-0.2, -0.15) is 0 Å². The standard InChI is InChI=1S/C5H9O.BrH.Zn/c1-2-4-6-5-3-1;;/h1H,2-5H2;1H;. The quantitative estimate of drug-likeness (QED) is 0.577. The van der Waals surface area contributed by atoms with Crippen LogP contribution in [0.5, 0.6) is 0 Å². The molecule has 1 nitrogen and oxygen atoms in total. The van der Waals surface area contributed by atoms with Gasteiger partial charge in [0.15, 0.2) is 0 Å². The Bertz CT molecular complexity index is 54.4. The molecule has 0 unspecified atom stereocenters. The van der Waals surface area contributed by atoms with Crippen molar-refractivity contribution in [3.63, 3.8) is 0 Å². The predicted octanol–water partition coefficient (Wildman–Crippen LogP) is 1.71. The van der Waals surface area contributed by atoms with E-state index in [4.69, 9.17) is 4.74 Å². The summed E-state index contributed by atoms with van der Waals surface area (Å²) in [6, 6.07) is 0. The number of hydrogen-bond donors (Lipinski definition) is 0. The molecule has 0 saturated carbocycles. The molecule has 0 spiro atoms. The molecule has 3 heteroatoms. The second kappa shape index (κ2) is 4.90. The SMILES string of the molecule is Br.[Zn][CH]1CCOCC1. The Morgan fingerprint density at radius 1 is 1.25 bits per heavy atom. The second-order valence-electron chi connectivity index (χ2n) is 2.06. The molecular formula is C5H10BrOZn. The molecule has 0 aromatic rings. The van der Waals surface area contributed by atoms with Gasteiger partial charge in [0.2, 0.25) is 0 Å². The molecule has 0 N–H and O–H groups in total. The molecule has 0 aromatic carbocycles. The summed E-state index contributed by atoms with van der Waals surface area (Å²) < 4.78 is 6.20. The van der Waals surface area contributed by atoms with E-state index in [0.717, 1.165) is 17.7 Å². The molecule has 0 bridgehead atoms. The topological polar surface area (TPSA) is 9.23 Å². The minimum atomic E-state index is 0. The molecule has 1 aliphatic rings. The molecular weight excluding hydrogens is 221 g/mol. The van der Waals surface area contributed by atoms with E-state index in [1.54, 1.807) is 0 Å². The Kier molecular flexibility index (Phi) is 5.55. The Labute approximate surface area is 70.6 Å². The van der Waals surface area contributed by atoms with Crippen molar-refractivity contribution in [2.75, 3.05) is 13.2 Å². The van der Waals surface area contributed by atoms with Gasteiger partial charge < -0.3 is 0 Å². The van der Waals surface area contributed by atoms with Crippen LogP contribution in [0.2, 0.25) is 4.51 Å². The molecule has 8 heavy (non-hydrogen) atoms. The summed E-state index contributed by atoms with van der Waals surface area (Å²) in [7, 11) is 0. The second-order valence-corrected chi connectivity index (χ2v) is 4.48. The number of halogens is 1. The summed E-state index contributed by atoms with van der Waals surface area (Å²) in [6.45, 7) is 2.04. The van der Waals surface area contributed by atoms with Crippen molar-refractivity contribution in [2.24, 2.45) is 0 Å². The number of rotatable bonds is 0. The summed E-state index contributed by atoms with van der Waals surface area (Å²) in [6.07, 6.45) is 2.64. The first-order valence-electron chi connectivity index (χ1n) is 2.80. The molecule has 0 aliphatic carbocycles. The van der Waals surface area contributed by atoms with Crippen molar-refractivity contribution in [1.82, 2.24) is 0 Å². The fraction of sp³-hybridized carbons (Fsp3) is 1.00. The van der Waals surface area contributed by atoms with Gasteiger partial charge in [-0.3, -0.25) is 0 Å². The van der Waals surface area contributed by atoms with Gasteiger partial charge in [-0.1, -0.05) is 0 Å². The van der Waals surface area contributed by atoms with Crippen LogP contribution in [0.4, 0.5) is 0 Å². The summed E-state index contributed by atoms with van der Waals surface area (Å²) in [4.78, 5) is 0. The van der Waals surface area contributed by atoms with Crippen LogP contribution in [-0.4, -0.2) is 13.2 Å². The van der Waals surface area contributed by atoms with E-state index in [1.807, 2.05) is 0 Å². The zero-order chi connectivity index (χ0) is 5.11. The fourth-order valence-electron chi connectivity index (χ4n) is 0.746. The van der Waals surface area contributed by atoms with Gasteiger partial charge >= 0.3 is 53.6 Å². The number of hydrogen-bond acceptors (Lipinski definition) is 1. The first kappa shape index (κ1) is 9.06. The summed E-state index contributed by atoms with van der Waals surface area (Å²) in [5.41, 5.74) is 0. The maximum absolute atomic E-state index is 5.16. The van der Waals surface area contributed by atoms with Gasteiger partial charge in [0.05, 0.1) is 0 Å². The number of ether oxygens (including phenoxy) is 1. The summed E-state index contributed by atoms with van der Waals surface area (Å²) >= 11 is 1.46. The van der Waals surface area contributed by atoms with E-state index in [-0.39, 0.29) is 17.0 Å². The van der Waals surface area contributed by atoms with Gasteiger partial charge in [0, 0.05) is 0 Å². The molecule has 1 aliphatic heterocycles. The van der Waals surface area contributed by atoms with Gasteiger partial charge in [-0.25, -0.2) is 0 Å². The minimum absolute atomic E-state index is 0. The van der Waals surface area contributed by atoms with E-state index >= 15 is 0 Å². The van der Waals surface area contributed by atoms with Crippen LogP contribution in [-0.2, 0) is 23.0 Å². The molecule has 0 atom stereocenters. The third kappa shape index (κ3) is 3.16. The van der Waals surface area contributed by atoms with Crippen LogP contribution in [0, 0.1) is 0 Å². The molecule has 1 heterocycles. The van der Waals surface area contributed by atoms with Gasteiger partial charge in [-0.15, -0.1) is 17.0 Å². The zero-order valence-corrected chi connectivity index (χ0v) is 9.61. The Morgan fingerprint density at radius 2 is 1.75 bits per heavy atom. The van der Waals surface area contributed by atoms with Crippen molar-refractivity contribution in [3.05, 3.63) is 0 Å². The van der Waals surface area contributed by atoms with Crippen molar-refractivity contribution in [1.29, 1.82) is 0 Å². The van der Waals surface area contributed by atoms with Gasteiger partial charge in [0.25, 0.3) is 0 Å². The summed E-state index contributed by atoms with van der Waals surface area (Å²) in [5, 5.41) is 0. The predicted molar refractivity (Wildman–Crippen MR) is 34.1 cm³/mol. The van der Waals surface area contributed by atoms with E-state index in [2.05, 4.69) is 0 Å². The van der Waals surface area contributed by atoms with E-state index in [9.17, 15) is 0 Å². The van der Waals surface area contributed by atoms with Crippen molar-refractivity contribution in [2.45, 2.75) is 17.4 Å². The Balaban J connectivity index is 0.000000490. The first-order chi connectivity index (χ1) is 3.39. The molecule has 1 saturated heterocycles. The van der Waals surface area contributed by atoms with Crippen LogP contribution in [0.15, 0.2) is 0 Å². The van der Waals surface area contributed by atoms with Crippen LogP contribution >= 0.6 is 17.0 Å². The van der Waals surface area contributed by atoms with Crippen molar-refractivity contribution in [3.8, 4) is 0 Å². The molecule has 0 aromatic heterocycles. The van der Waals surface area contributed by atoms with Gasteiger partial charge in [0.1, 0.15) is 0 Å². The Hall–Kier alpha value is 1.06. The molecule has 1 rings (SSSR count). The Morgan fingerprint density at radius 3 is 2.00 bits per heavy atom. The monoisotopic (exact) mass is 229 g/mol. The van der Waals surface area contributed by atoms with Crippen LogP contribution in [0.25, 0.3) is 0 Å². The molecule has 1 fully saturated rings. The van der Waals surface area contributed by atoms with Crippen LogP contribution in [0.3, 0.4) is 0 Å². The zero-order valence-electron chi connectivity index (χ0n) is 4.93. The molecule has 0 radical (unpaired) electrons.